The second-order valence-electron chi connectivity index (χ2n) is 6.16. The van der Waals surface area contributed by atoms with Crippen molar-refractivity contribution in [3.8, 4) is 5.75 Å². The summed E-state index contributed by atoms with van der Waals surface area (Å²) in [5.41, 5.74) is 6.89. The molecular formula is C20H27N3O4. The van der Waals surface area contributed by atoms with E-state index >= 15 is 0 Å². The first kappa shape index (κ1) is 20.5. The van der Waals surface area contributed by atoms with Gasteiger partial charge in [0.1, 0.15) is 17.8 Å². The zero-order chi connectivity index (χ0) is 19.6. The van der Waals surface area contributed by atoms with E-state index in [1.54, 1.807) is 6.07 Å². The van der Waals surface area contributed by atoms with E-state index in [0.717, 1.165) is 11.3 Å². The number of ether oxygens (including phenoxy) is 1. The van der Waals surface area contributed by atoms with Crippen molar-refractivity contribution in [1.29, 1.82) is 0 Å². The number of benzene rings is 1. The molecule has 7 heteroatoms. The minimum Gasteiger partial charge on any atom is -0.494 e. The summed E-state index contributed by atoms with van der Waals surface area (Å²) in [7, 11) is 0. The van der Waals surface area contributed by atoms with Crippen LogP contribution in [0.3, 0.4) is 0 Å². The molecule has 2 amide bonds. The molecule has 2 aromatic rings. The molecule has 1 atom stereocenters. The van der Waals surface area contributed by atoms with E-state index < -0.39 is 0 Å². The van der Waals surface area contributed by atoms with Crippen LogP contribution < -0.4 is 21.1 Å². The first-order chi connectivity index (χ1) is 13.0. The van der Waals surface area contributed by atoms with E-state index in [1.807, 2.05) is 38.1 Å². The summed E-state index contributed by atoms with van der Waals surface area (Å²) in [6.07, 6.45) is 2.26. The van der Waals surface area contributed by atoms with Gasteiger partial charge in [-0.05, 0) is 44.0 Å². The molecule has 146 valence electrons. The minimum absolute atomic E-state index is 0.0561. The Balaban J connectivity index is 1.68. The summed E-state index contributed by atoms with van der Waals surface area (Å²) in [6, 6.07) is 9.18. The third kappa shape index (κ3) is 6.45. The lowest BCUT2D eigenvalue weighted by molar-refractivity contribution is -0.121. The lowest BCUT2D eigenvalue weighted by Gasteiger charge is -2.15. The highest BCUT2D eigenvalue weighted by Gasteiger charge is 2.11. The molecule has 0 spiro atoms. The van der Waals surface area contributed by atoms with Crippen molar-refractivity contribution in [3.05, 3.63) is 53.5 Å². The number of carbonyl (C=O) groups excluding carboxylic acids is 2. The SMILES string of the molecule is CCOc1ccc(C(C)NC(=O)CCCNC(=O)c2coc(CN)c2)cc1. The Morgan fingerprint density at radius 1 is 1.26 bits per heavy atom. The van der Waals surface area contributed by atoms with Gasteiger partial charge in [0.2, 0.25) is 5.91 Å². The average Bonchev–Trinajstić information content (AvgIpc) is 3.15. The summed E-state index contributed by atoms with van der Waals surface area (Å²) in [4.78, 5) is 24.0. The molecule has 0 bridgehead atoms. The monoisotopic (exact) mass is 373 g/mol. The zero-order valence-corrected chi connectivity index (χ0v) is 15.8. The van der Waals surface area contributed by atoms with Crippen molar-refractivity contribution in [2.45, 2.75) is 39.3 Å². The number of hydrogen-bond donors (Lipinski definition) is 3. The van der Waals surface area contributed by atoms with E-state index in [-0.39, 0.29) is 24.4 Å². The third-order valence-corrected chi connectivity index (χ3v) is 4.05. The Labute approximate surface area is 159 Å². The maximum atomic E-state index is 12.1. The lowest BCUT2D eigenvalue weighted by Crippen LogP contribution is -2.29. The van der Waals surface area contributed by atoms with Gasteiger partial charge in [-0.25, -0.2) is 0 Å². The van der Waals surface area contributed by atoms with Crippen molar-refractivity contribution in [2.75, 3.05) is 13.2 Å². The van der Waals surface area contributed by atoms with Gasteiger partial charge in [-0.15, -0.1) is 0 Å². The van der Waals surface area contributed by atoms with Gasteiger partial charge in [-0.2, -0.15) is 0 Å². The Morgan fingerprint density at radius 3 is 2.63 bits per heavy atom. The Kier molecular flexibility index (Phi) is 7.88. The van der Waals surface area contributed by atoms with E-state index in [2.05, 4.69) is 10.6 Å². The van der Waals surface area contributed by atoms with Crippen LogP contribution in [0, 0.1) is 0 Å². The molecule has 0 saturated heterocycles. The number of carbonyl (C=O) groups is 2. The summed E-state index contributed by atoms with van der Waals surface area (Å²) in [5, 5.41) is 5.72. The zero-order valence-electron chi connectivity index (χ0n) is 15.8. The minimum atomic E-state index is -0.235. The van der Waals surface area contributed by atoms with Crippen molar-refractivity contribution in [1.82, 2.24) is 10.6 Å². The summed E-state index contributed by atoms with van der Waals surface area (Å²) in [5.74, 6) is 1.08. The Morgan fingerprint density at radius 2 is 2.00 bits per heavy atom. The van der Waals surface area contributed by atoms with Crippen molar-refractivity contribution >= 4 is 11.8 Å². The van der Waals surface area contributed by atoms with E-state index in [4.69, 9.17) is 14.9 Å². The third-order valence-electron chi connectivity index (χ3n) is 4.05. The molecule has 0 fully saturated rings. The first-order valence-corrected chi connectivity index (χ1v) is 9.11. The molecule has 1 unspecified atom stereocenters. The van der Waals surface area contributed by atoms with E-state index in [9.17, 15) is 9.59 Å². The molecule has 1 aromatic heterocycles. The highest BCUT2D eigenvalue weighted by molar-refractivity contribution is 5.93. The van der Waals surface area contributed by atoms with Gasteiger partial charge >= 0.3 is 0 Å². The van der Waals surface area contributed by atoms with Crippen LogP contribution in [0.25, 0.3) is 0 Å². The Bertz CT molecular complexity index is 740. The van der Waals surface area contributed by atoms with Crippen LogP contribution in [0.1, 0.15) is 54.4 Å². The molecule has 0 aliphatic rings. The number of nitrogens with two attached hydrogens (primary N) is 1. The highest BCUT2D eigenvalue weighted by Crippen LogP contribution is 2.17. The van der Waals surface area contributed by atoms with Gasteiger partial charge in [0.25, 0.3) is 5.91 Å². The second-order valence-corrected chi connectivity index (χ2v) is 6.16. The normalized spacial score (nSPS) is 11.7. The fourth-order valence-electron chi connectivity index (χ4n) is 2.58. The van der Waals surface area contributed by atoms with Crippen LogP contribution in [-0.4, -0.2) is 25.0 Å². The van der Waals surface area contributed by atoms with Crippen LogP contribution in [0.15, 0.2) is 41.0 Å². The van der Waals surface area contributed by atoms with Gasteiger partial charge in [0.05, 0.1) is 24.8 Å². The molecule has 2 rings (SSSR count). The molecule has 1 heterocycles. The smallest absolute Gasteiger partial charge is 0.254 e. The molecule has 4 N–H and O–H groups in total. The number of nitrogens with one attached hydrogen (secondary N) is 2. The van der Waals surface area contributed by atoms with Crippen LogP contribution in [-0.2, 0) is 11.3 Å². The van der Waals surface area contributed by atoms with Gasteiger partial charge < -0.3 is 25.5 Å². The fourth-order valence-corrected chi connectivity index (χ4v) is 2.58. The maximum absolute atomic E-state index is 12.1. The summed E-state index contributed by atoms with van der Waals surface area (Å²) >= 11 is 0. The molecule has 0 radical (unpaired) electrons. The van der Waals surface area contributed by atoms with Crippen LogP contribution in [0.4, 0.5) is 0 Å². The lowest BCUT2D eigenvalue weighted by atomic mass is 10.1. The number of rotatable bonds is 10. The van der Waals surface area contributed by atoms with Gasteiger partial charge in [-0.1, -0.05) is 12.1 Å². The topological polar surface area (TPSA) is 107 Å². The molecule has 0 aliphatic carbocycles. The van der Waals surface area contributed by atoms with Crippen LogP contribution >= 0.6 is 0 Å². The van der Waals surface area contributed by atoms with Crippen molar-refractivity contribution < 1.29 is 18.7 Å². The molecule has 1 aromatic carbocycles. The van der Waals surface area contributed by atoms with Gasteiger partial charge in [0.15, 0.2) is 0 Å². The highest BCUT2D eigenvalue weighted by atomic mass is 16.5. The largest absolute Gasteiger partial charge is 0.494 e. The predicted octanol–water partition coefficient (Wildman–Crippen LogP) is 2.52. The van der Waals surface area contributed by atoms with Crippen LogP contribution in [0.5, 0.6) is 5.75 Å². The van der Waals surface area contributed by atoms with E-state index in [1.165, 1.54) is 6.26 Å². The molecule has 0 saturated carbocycles. The quantitative estimate of drug-likeness (QED) is 0.555. The maximum Gasteiger partial charge on any atom is 0.254 e. The van der Waals surface area contributed by atoms with E-state index in [0.29, 0.717) is 37.3 Å². The molecule has 27 heavy (non-hydrogen) atoms. The molecular weight excluding hydrogens is 346 g/mol. The van der Waals surface area contributed by atoms with Crippen LogP contribution in [0.2, 0.25) is 0 Å². The Hall–Kier alpha value is -2.80. The second kappa shape index (κ2) is 10.4. The number of furan rings is 1. The summed E-state index contributed by atoms with van der Waals surface area (Å²) in [6.45, 7) is 5.15. The first-order valence-electron chi connectivity index (χ1n) is 9.11. The standard InChI is InChI=1S/C20H27N3O4/c1-3-26-17-8-6-15(7-9-17)14(2)23-19(24)5-4-10-22-20(25)16-11-18(12-21)27-13-16/h6-9,11,13-14H,3-5,10,12,21H2,1-2H3,(H,22,25)(H,23,24). The molecule has 0 aliphatic heterocycles. The summed E-state index contributed by atoms with van der Waals surface area (Å²) < 4.78 is 10.5. The molecule has 7 nitrogen and oxygen atoms in total. The number of amides is 2. The van der Waals surface area contributed by atoms with Gasteiger partial charge in [0, 0.05) is 13.0 Å². The van der Waals surface area contributed by atoms with Gasteiger partial charge in [-0.3, -0.25) is 9.59 Å². The average molecular weight is 373 g/mol. The predicted molar refractivity (Wildman–Crippen MR) is 102 cm³/mol. The fraction of sp³-hybridized carbons (Fsp3) is 0.400. The number of hydrogen-bond acceptors (Lipinski definition) is 5. The van der Waals surface area contributed by atoms with Crippen molar-refractivity contribution in [2.24, 2.45) is 5.73 Å². The van der Waals surface area contributed by atoms with Crippen molar-refractivity contribution in [3.63, 3.8) is 0 Å².